The molecule has 0 fully saturated rings. The summed E-state index contributed by atoms with van der Waals surface area (Å²) in [5.41, 5.74) is 3.69. The van der Waals surface area contributed by atoms with E-state index >= 15 is 0 Å². The van der Waals surface area contributed by atoms with Gasteiger partial charge in [-0.2, -0.15) is 0 Å². The van der Waals surface area contributed by atoms with Gasteiger partial charge in [0.1, 0.15) is 17.1 Å². The fraction of sp³-hybridized carbons (Fsp3) is 0.160. The molecular formula is C25H22N4O4S. The highest BCUT2D eigenvalue weighted by atomic mass is 32.1. The fourth-order valence-electron chi connectivity index (χ4n) is 3.75. The van der Waals surface area contributed by atoms with Crippen LogP contribution in [0.2, 0.25) is 0 Å². The minimum absolute atomic E-state index is 0.526. The monoisotopic (exact) mass is 474 g/mol. The lowest BCUT2D eigenvalue weighted by atomic mass is 10.1. The van der Waals surface area contributed by atoms with Crippen LogP contribution in [0.5, 0.6) is 23.0 Å². The number of hydrogen-bond donors (Lipinski definition) is 0. The van der Waals surface area contributed by atoms with Crippen molar-refractivity contribution >= 4 is 21.6 Å². The van der Waals surface area contributed by atoms with E-state index in [-0.39, 0.29) is 0 Å². The molecule has 0 aliphatic carbocycles. The molecule has 0 aliphatic rings. The highest BCUT2D eigenvalue weighted by Crippen LogP contribution is 2.41. The number of nitrogens with zero attached hydrogens (tertiary/aromatic N) is 4. The molecule has 0 N–H and O–H groups in total. The van der Waals surface area contributed by atoms with E-state index in [1.807, 2.05) is 59.2 Å². The largest absolute Gasteiger partial charge is 0.497 e. The third-order valence-corrected chi connectivity index (χ3v) is 6.53. The van der Waals surface area contributed by atoms with E-state index in [0.717, 1.165) is 37.8 Å². The lowest BCUT2D eigenvalue weighted by Gasteiger charge is -2.14. The van der Waals surface area contributed by atoms with Gasteiger partial charge in [0.2, 0.25) is 5.75 Å². The van der Waals surface area contributed by atoms with Crippen LogP contribution in [0.1, 0.15) is 0 Å². The summed E-state index contributed by atoms with van der Waals surface area (Å²) in [6.07, 6.45) is 1.68. The smallest absolute Gasteiger partial charge is 0.203 e. The highest BCUT2D eigenvalue weighted by molar-refractivity contribution is 7.21. The Labute approximate surface area is 200 Å². The first kappa shape index (κ1) is 21.7. The standard InChI is InChI=1S/C25H22N4O4S/c1-30-18-9-10-19-22(13-18)34-25(27-19)15-5-7-17(8-6-15)29-14-26-28-24(29)16-11-20(31-2)23(33-4)21(12-16)32-3/h5-14H,1-4H3. The average Bonchev–Trinajstić information content (AvgIpc) is 3.54. The zero-order valence-corrected chi connectivity index (χ0v) is 19.9. The second-order valence-electron chi connectivity index (χ2n) is 7.34. The zero-order chi connectivity index (χ0) is 23.7. The van der Waals surface area contributed by atoms with Crippen LogP contribution in [-0.2, 0) is 0 Å². The van der Waals surface area contributed by atoms with E-state index in [1.54, 1.807) is 46.1 Å². The molecule has 2 aromatic heterocycles. The predicted octanol–water partition coefficient (Wildman–Crippen LogP) is 5.25. The first-order valence-corrected chi connectivity index (χ1v) is 11.2. The van der Waals surface area contributed by atoms with Crippen LogP contribution in [0, 0.1) is 0 Å². The van der Waals surface area contributed by atoms with E-state index in [1.165, 1.54) is 0 Å². The number of hydrogen-bond acceptors (Lipinski definition) is 8. The molecule has 0 aliphatic heterocycles. The molecule has 9 heteroatoms. The van der Waals surface area contributed by atoms with E-state index in [2.05, 4.69) is 10.2 Å². The van der Waals surface area contributed by atoms with E-state index in [4.69, 9.17) is 23.9 Å². The number of rotatable bonds is 7. The van der Waals surface area contributed by atoms with Crippen molar-refractivity contribution in [3.63, 3.8) is 0 Å². The van der Waals surface area contributed by atoms with Gasteiger partial charge in [0, 0.05) is 16.8 Å². The van der Waals surface area contributed by atoms with Crippen molar-refractivity contribution in [2.24, 2.45) is 0 Å². The Hall–Kier alpha value is -4.11. The predicted molar refractivity (Wildman–Crippen MR) is 132 cm³/mol. The van der Waals surface area contributed by atoms with Gasteiger partial charge in [-0.3, -0.25) is 4.57 Å². The molecule has 5 rings (SSSR count). The van der Waals surface area contributed by atoms with Gasteiger partial charge in [-0.25, -0.2) is 4.98 Å². The first-order chi connectivity index (χ1) is 16.6. The second kappa shape index (κ2) is 9.03. The maximum Gasteiger partial charge on any atom is 0.203 e. The van der Waals surface area contributed by atoms with Crippen molar-refractivity contribution in [1.29, 1.82) is 0 Å². The summed E-state index contributed by atoms with van der Waals surface area (Å²) in [6.45, 7) is 0. The number of fused-ring (bicyclic) bond motifs is 1. The molecule has 0 unspecified atom stereocenters. The molecule has 3 aromatic carbocycles. The lowest BCUT2D eigenvalue weighted by Crippen LogP contribution is -1.99. The van der Waals surface area contributed by atoms with Crippen LogP contribution >= 0.6 is 11.3 Å². The van der Waals surface area contributed by atoms with Gasteiger partial charge in [0.15, 0.2) is 17.3 Å². The minimum Gasteiger partial charge on any atom is -0.497 e. The molecule has 0 bridgehead atoms. The van der Waals surface area contributed by atoms with Crippen molar-refractivity contribution in [1.82, 2.24) is 19.7 Å². The third-order valence-electron chi connectivity index (χ3n) is 5.46. The Morgan fingerprint density at radius 2 is 1.50 bits per heavy atom. The summed E-state index contributed by atoms with van der Waals surface area (Å²) in [5.74, 6) is 3.10. The van der Waals surface area contributed by atoms with E-state index < -0.39 is 0 Å². The van der Waals surface area contributed by atoms with Gasteiger partial charge in [-0.15, -0.1) is 21.5 Å². The SMILES string of the molecule is COc1ccc2nc(-c3ccc(-n4cnnc4-c4cc(OC)c(OC)c(OC)c4)cc3)sc2c1. The van der Waals surface area contributed by atoms with Crippen molar-refractivity contribution in [2.45, 2.75) is 0 Å². The molecule has 0 spiro atoms. The van der Waals surface area contributed by atoms with Gasteiger partial charge in [-0.05, 0) is 54.6 Å². The van der Waals surface area contributed by atoms with Crippen LogP contribution in [0.4, 0.5) is 0 Å². The van der Waals surface area contributed by atoms with Crippen LogP contribution in [-0.4, -0.2) is 48.2 Å². The van der Waals surface area contributed by atoms with Gasteiger partial charge in [0.25, 0.3) is 0 Å². The molecular weight excluding hydrogens is 452 g/mol. The van der Waals surface area contributed by atoms with Crippen LogP contribution in [0.15, 0.2) is 60.9 Å². The van der Waals surface area contributed by atoms with Gasteiger partial charge < -0.3 is 18.9 Å². The molecule has 172 valence electrons. The normalized spacial score (nSPS) is 10.9. The Morgan fingerprint density at radius 3 is 2.15 bits per heavy atom. The summed E-state index contributed by atoms with van der Waals surface area (Å²) < 4.78 is 24.7. The number of methoxy groups -OCH3 is 4. The summed E-state index contributed by atoms with van der Waals surface area (Å²) >= 11 is 1.63. The summed E-state index contributed by atoms with van der Waals surface area (Å²) in [5, 5.41) is 9.41. The van der Waals surface area contributed by atoms with Crippen LogP contribution < -0.4 is 18.9 Å². The van der Waals surface area contributed by atoms with Crippen molar-refractivity contribution in [3.05, 3.63) is 60.9 Å². The molecule has 0 radical (unpaired) electrons. The number of aromatic nitrogens is 4. The summed E-state index contributed by atoms with van der Waals surface area (Å²) in [4.78, 5) is 4.76. The maximum atomic E-state index is 5.49. The summed E-state index contributed by atoms with van der Waals surface area (Å²) in [6, 6.07) is 17.7. The van der Waals surface area contributed by atoms with Crippen LogP contribution in [0.3, 0.4) is 0 Å². The lowest BCUT2D eigenvalue weighted by molar-refractivity contribution is 0.324. The van der Waals surface area contributed by atoms with E-state index in [9.17, 15) is 0 Å². The molecule has 34 heavy (non-hydrogen) atoms. The minimum atomic E-state index is 0.526. The molecule has 5 aromatic rings. The van der Waals surface area contributed by atoms with Gasteiger partial charge in [-0.1, -0.05) is 0 Å². The first-order valence-electron chi connectivity index (χ1n) is 10.4. The Bertz CT molecular complexity index is 1430. The second-order valence-corrected chi connectivity index (χ2v) is 8.37. The third kappa shape index (κ3) is 3.80. The fourth-order valence-corrected chi connectivity index (χ4v) is 4.75. The molecule has 8 nitrogen and oxygen atoms in total. The molecule has 2 heterocycles. The topological polar surface area (TPSA) is 80.5 Å². The number of thiazole rings is 1. The maximum absolute atomic E-state index is 5.49. The Morgan fingerprint density at radius 1 is 0.765 bits per heavy atom. The average molecular weight is 475 g/mol. The van der Waals surface area contributed by atoms with Crippen molar-refractivity contribution in [3.8, 4) is 50.6 Å². The quantitative estimate of drug-likeness (QED) is 0.319. The van der Waals surface area contributed by atoms with Crippen molar-refractivity contribution in [2.75, 3.05) is 28.4 Å². The molecule has 0 saturated heterocycles. The number of ether oxygens (including phenoxy) is 4. The molecule has 0 atom stereocenters. The van der Waals surface area contributed by atoms with E-state index in [0.29, 0.717) is 23.1 Å². The zero-order valence-electron chi connectivity index (χ0n) is 19.1. The van der Waals surface area contributed by atoms with Crippen molar-refractivity contribution < 1.29 is 18.9 Å². The Kier molecular flexibility index (Phi) is 5.77. The van der Waals surface area contributed by atoms with Gasteiger partial charge >= 0.3 is 0 Å². The number of benzene rings is 3. The molecule has 0 amide bonds. The summed E-state index contributed by atoms with van der Waals surface area (Å²) in [7, 11) is 6.41. The molecule has 0 saturated carbocycles. The highest BCUT2D eigenvalue weighted by Gasteiger charge is 2.18. The Balaban J connectivity index is 1.50. The van der Waals surface area contributed by atoms with Gasteiger partial charge in [0.05, 0.1) is 38.7 Å². The van der Waals surface area contributed by atoms with Crippen LogP contribution in [0.25, 0.3) is 37.9 Å².